The van der Waals surface area contributed by atoms with Crippen molar-refractivity contribution >= 4 is 41.5 Å². The van der Waals surface area contributed by atoms with E-state index in [0.29, 0.717) is 35.1 Å². The molecule has 0 amide bonds. The molecule has 0 radical (unpaired) electrons. The smallest absolute Gasteiger partial charge is 0.228 e. The molecule has 1 fully saturated rings. The number of halogens is 2. The van der Waals surface area contributed by atoms with E-state index in [1.54, 1.807) is 14.2 Å². The van der Waals surface area contributed by atoms with E-state index in [9.17, 15) is 0 Å². The van der Waals surface area contributed by atoms with Gasteiger partial charge < -0.3 is 19.9 Å². The average Bonchev–Trinajstić information content (AvgIpc) is 3.39. The highest BCUT2D eigenvalue weighted by atomic mass is 127. The molecule has 1 aromatic carbocycles. The molecule has 3 rings (SSSR count). The number of hydrogen-bond acceptors (Lipinski definition) is 5. The second-order valence-corrected chi connectivity index (χ2v) is 8.01. The third kappa shape index (κ3) is 7.09. The molecule has 0 aliphatic heterocycles. The molecule has 0 atom stereocenters. The summed E-state index contributed by atoms with van der Waals surface area (Å²) in [6, 6.07) is 7.42. The predicted molar refractivity (Wildman–Crippen MR) is 131 cm³/mol. The average molecular weight is 548 g/mol. The highest BCUT2D eigenvalue weighted by molar-refractivity contribution is 14.0. The zero-order valence-corrected chi connectivity index (χ0v) is 20.7. The van der Waals surface area contributed by atoms with E-state index in [4.69, 9.17) is 20.9 Å². The lowest BCUT2D eigenvalue weighted by Crippen LogP contribution is -2.43. The molecule has 0 bridgehead atoms. The van der Waals surface area contributed by atoms with Crippen molar-refractivity contribution in [1.82, 2.24) is 20.8 Å². The maximum Gasteiger partial charge on any atom is 0.228 e. The van der Waals surface area contributed by atoms with Gasteiger partial charge in [0.25, 0.3) is 0 Å². The number of guanidine groups is 1. The number of rotatable bonds is 9. The van der Waals surface area contributed by atoms with Crippen LogP contribution >= 0.6 is 35.6 Å². The van der Waals surface area contributed by atoms with Crippen molar-refractivity contribution in [3.8, 4) is 11.4 Å². The Bertz CT molecular complexity index is 808. The number of ether oxygens (including phenoxy) is 1. The molecule has 166 valence electrons. The van der Waals surface area contributed by atoms with Crippen LogP contribution in [0.5, 0.6) is 0 Å². The molecule has 1 heterocycles. The molecule has 2 N–H and O–H groups in total. The van der Waals surface area contributed by atoms with Gasteiger partial charge in [-0.2, -0.15) is 4.98 Å². The summed E-state index contributed by atoms with van der Waals surface area (Å²) >= 11 is 6.03. The third-order valence-electron chi connectivity index (χ3n) is 5.54. The van der Waals surface area contributed by atoms with Gasteiger partial charge in [-0.1, -0.05) is 41.7 Å². The zero-order chi connectivity index (χ0) is 20.5. The Hall–Kier alpha value is -1.39. The van der Waals surface area contributed by atoms with E-state index in [1.807, 2.05) is 24.3 Å². The van der Waals surface area contributed by atoms with Gasteiger partial charge in [-0.05, 0) is 36.8 Å². The first-order chi connectivity index (χ1) is 14.1. The zero-order valence-electron chi connectivity index (χ0n) is 17.6. The summed E-state index contributed by atoms with van der Waals surface area (Å²) in [6.45, 7) is 2.37. The van der Waals surface area contributed by atoms with Crippen LogP contribution in [0.15, 0.2) is 33.8 Å². The number of aliphatic imine (C=N–C) groups is 1. The molecule has 1 saturated carbocycles. The monoisotopic (exact) mass is 547 g/mol. The van der Waals surface area contributed by atoms with Crippen LogP contribution in [0.3, 0.4) is 0 Å². The number of benzene rings is 1. The van der Waals surface area contributed by atoms with Crippen molar-refractivity contribution in [3.63, 3.8) is 0 Å². The fourth-order valence-electron chi connectivity index (χ4n) is 3.84. The summed E-state index contributed by atoms with van der Waals surface area (Å²) < 4.78 is 10.7. The van der Waals surface area contributed by atoms with Gasteiger partial charge in [0.05, 0.1) is 0 Å². The lowest BCUT2D eigenvalue weighted by molar-refractivity contribution is 0.138. The van der Waals surface area contributed by atoms with E-state index < -0.39 is 0 Å². The standard InChI is InChI=1S/C21H30ClN5O2.HI/c1-23-20(25-15-21(11-13-28-2)9-3-4-10-21)24-12-8-18-26-19(27-29-18)16-6-5-7-17(22)14-16;/h5-7,14H,3-4,8-13,15H2,1-2H3,(H2,23,24,25);1H. The fraction of sp³-hybridized carbons (Fsp3) is 0.571. The molecule has 9 heteroatoms. The number of methoxy groups -OCH3 is 1. The van der Waals surface area contributed by atoms with Gasteiger partial charge in [-0.15, -0.1) is 24.0 Å². The Morgan fingerprint density at radius 2 is 2.10 bits per heavy atom. The van der Waals surface area contributed by atoms with Crippen LogP contribution in [0.2, 0.25) is 5.02 Å². The molecule has 1 aliphatic carbocycles. The SMILES string of the molecule is CN=C(NCCc1nc(-c2cccc(Cl)c2)no1)NCC1(CCOC)CCCC1.I. The minimum absolute atomic E-state index is 0. The molecule has 7 nitrogen and oxygen atoms in total. The van der Waals surface area contributed by atoms with Crippen LogP contribution in [-0.2, 0) is 11.2 Å². The Kier molecular flexibility index (Phi) is 10.3. The van der Waals surface area contributed by atoms with Crippen LogP contribution < -0.4 is 10.6 Å². The van der Waals surface area contributed by atoms with Crippen molar-refractivity contribution in [2.45, 2.75) is 38.5 Å². The van der Waals surface area contributed by atoms with Gasteiger partial charge in [0.2, 0.25) is 11.7 Å². The van der Waals surface area contributed by atoms with E-state index in [1.165, 1.54) is 25.7 Å². The van der Waals surface area contributed by atoms with Crippen molar-refractivity contribution in [2.75, 3.05) is 33.9 Å². The Morgan fingerprint density at radius 1 is 1.30 bits per heavy atom. The third-order valence-corrected chi connectivity index (χ3v) is 5.77. The molecular formula is C21H31ClIN5O2. The molecule has 2 aromatic rings. The quantitative estimate of drug-likeness (QED) is 0.276. The lowest BCUT2D eigenvalue weighted by atomic mass is 9.83. The maximum absolute atomic E-state index is 6.03. The van der Waals surface area contributed by atoms with E-state index in [-0.39, 0.29) is 24.0 Å². The van der Waals surface area contributed by atoms with Gasteiger partial charge in [-0.25, -0.2) is 0 Å². The molecule has 1 aromatic heterocycles. The maximum atomic E-state index is 6.03. The second-order valence-electron chi connectivity index (χ2n) is 7.57. The molecule has 30 heavy (non-hydrogen) atoms. The van der Waals surface area contributed by atoms with E-state index in [2.05, 4.69) is 25.8 Å². The predicted octanol–water partition coefficient (Wildman–Crippen LogP) is 4.31. The first-order valence-electron chi connectivity index (χ1n) is 10.2. The molecule has 0 spiro atoms. The largest absolute Gasteiger partial charge is 0.385 e. The van der Waals surface area contributed by atoms with Crippen molar-refractivity contribution in [1.29, 1.82) is 0 Å². The second kappa shape index (κ2) is 12.5. The Labute approximate surface area is 200 Å². The lowest BCUT2D eigenvalue weighted by Gasteiger charge is -2.29. The molecule has 0 saturated heterocycles. The van der Waals surface area contributed by atoms with Crippen molar-refractivity contribution in [3.05, 3.63) is 35.2 Å². The highest BCUT2D eigenvalue weighted by Gasteiger charge is 2.33. The molecular weight excluding hydrogens is 517 g/mol. The summed E-state index contributed by atoms with van der Waals surface area (Å²) in [7, 11) is 3.56. The van der Waals surface area contributed by atoms with Crippen LogP contribution in [0.25, 0.3) is 11.4 Å². The Balaban J connectivity index is 0.00000320. The molecule has 1 aliphatic rings. The first kappa shape index (κ1) is 24.9. The van der Waals surface area contributed by atoms with Crippen LogP contribution in [0, 0.1) is 5.41 Å². The molecule has 0 unspecified atom stereocenters. The number of aromatic nitrogens is 2. The van der Waals surface area contributed by atoms with Crippen molar-refractivity contribution < 1.29 is 9.26 Å². The van der Waals surface area contributed by atoms with E-state index in [0.717, 1.165) is 31.1 Å². The van der Waals surface area contributed by atoms with Gasteiger partial charge in [0.1, 0.15) is 0 Å². The normalized spacial score (nSPS) is 15.6. The van der Waals surface area contributed by atoms with E-state index >= 15 is 0 Å². The van der Waals surface area contributed by atoms with Gasteiger partial charge >= 0.3 is 0 Å². The van der Waals surface area contributed by atoms with Crippen LogP contribution in [-0.4, -0.2) is 50.0 Å². The highest BCUT2D eigenvalue weighted by Crippen LogP contribution is 2.40. The minimum Gasteiger partial charge on any atom is -0.385 e. The summed E-state index contributed by atoms with van der Waals surface area (Å²) in [5.74, 6) is 1.92. The fourth-order valence-corrected chi connectivity index (χ4v) is 4.03. The van der Waals surface area contributed by atoms with Gasteiger partial charge in [-0.3, -0.25) is 4.99 Å². The topological polar surface area (TPSA) is 84.6 Å². The summed E-state index contributed by atoms with van der Waals surface area (Å²) in [5, 5.41) is 11.5. The summed E-state index contributed by atoms with van der Waals surface area (Å²) in [4.78, 5) is 8.78. The van der Waals surface area contributed by atoms with Gasteiger partial charge in [0.15, 0.2) is 5.96 Å². The summed E-state index contributed by atoms with van der Waals surface area (Å²) in [6.07, 6.45) is 6.78. The van der Waals surface area contributed by atoms with Crippen molar-refractivity contribution in [2.24, 2.45) is 10.4 Å². The van der Waals surface area contributed by atoms with Crippen LogP contribution in [0.4, 0.5) is 0 Å². The summed E-state index contributed by atoms with van der Waals surface area (Å²) in [5.41, 5.74) is 1.15. The van der Waals surface area contributed by atoms with Crippen LogP contribution in [0.1, 0.15) is 38.0 Å². The number of nitrogens with zero attached hydrogens (tertiary/aromatic N) is 3. The number of hydrogen-bond donors (Lipinski definition) is 2. The first-order valence-corrected chi connectivity index (χ1v) is 10.5. The Morgan fingerprint density at radius 3 is 2.80 bits per heavy atom. The minimum atomic E-state index is 0. The number of nitrogens with one attached hydrogen (secondary N) is 2. The van der Waals surface area contributed by atoms with Gasteiger partial charge in [0, 0.05) is 50.9 Å².